The van der Waals surface area contributed by atoms with Gasteiger partial charge in [-0.05, 0) is 44.5 Å². The number of hydrogen-bond donors (Lipinski definition) is 3. The Morgan fingerprint density at radius 2 is 1.62 bits per heavy atom. The van der Waals surface area contributed by atoms with Crippen LogP contribution in [0, 0.1) is 0 Å². The fourth-order valence-electron chi connectivity index (χ4n) is 3.49. The summed E-state index contributed by atoms with van der Waals surface area (Å²) in [4.78, 5) is 11.8. The lowest BCUT2D eigenvalue weighted by atomic mass is 9.88. The molecular formula is C18H24N4O5S2. The molecule has 1 unspecified atom stereocenters. The van der Waals surface area contributed by atoms with Gasteiger partial charge in [0.2, 0.25) is 26.0 Å². The SMILES string of the molecule is CNS(=O)(=O)c1cn(CC(=O)NC2CCCc3ccccc32)cc1S(=O)(=O)NC. The molecule has 29 heavy (non-hydrogen) atoms. The van der Waals surface area contributed by atoms with Gasteiger partial charge in [-0.25, -0.2) is 26.3 Å². The number of nitrogens with one attached hydrogen (secondary N) is 3. The third-order valence-corrected chi connectivity index (χ3v) is 7.97. The Morgan fingerprint density at radius 1 is 1.03 bits per heavy atom. The van der Waals surface area contributed by atoms with Crippen LogP contribution in [0.5, 0.6) is 0 Å². The van der Waals surface area contributed by atoms with Gasteiger partial charge in [-0.1, -0.05) is 24.3 Å². The standard InChI is InChI=1S/C18H24N4O5S2/c1-19-28(24,25)16-10-22(11-17(16)29(26,27)20-2)12-18(23)21-15-9-5-7-13-6-3-4-8-14(13)15/h3-4,6,8,10-11,15,19-20H,5,7,9,12H2,1-2H3,(H,21,23). The van der Waals surface area contributed by atoms with Crippen LogP contribution in [-0.2, 0) is 37.8 Å². The van der Waals surface area contributed by atoms with Crippen molar-refractivity contribution in [3.05, 3.63) is 47.8 Å². The first-order chi connectivity index (χ1) is 13.7. The van der Waals surface area contributed by atoms with E-state index in [0.29, 0.717) is 0 Å². The number of sulfonamides is 2. The Kier molecular flexibility index (Phi) is 6.13. The molecule has 1 aliphatic carbocycles. The minimum absolute atomic E-state index is 0.121. The first-order valence-corrected chi connectivity index (χ1v) is 12.1. The summed E-state index contributed by atoms with van der Waals surface area (Å²) in [6.45, 7) is -0.204. The fourth-order valence-corrected chi connectivity index (χ4v) is 5.77. The quantitative estimate of drug-likeness (QED) is 0.578. The van der Waals surface area contributed by atoms with Gasteiger partial charge < -0.3 is 9.88 Å². The van der Waals surface area contributed by atoms with Crippen LogP contribution in [-0.4, -0.2) is 41.4 Å². The minimum Gasteiger partial charge on any atom is -0.348 e. The van der Waals surface area contributed by atoms with Crippen molar-refractivity contribution in [2.75, 3.05) is 14.1 Å². The third-order valence-electron chi connectivity index (χ3n) is 4.96. The lowest BCUT2D eigenvalue weighted by Crippen LogP contribution is -2.33. The van der Waals surface area contributed by atoms with Crippen LogP contribution in [0.2, 0.25) is 0 Å². The minimum atomic E-state index is -4.03. The van der Waals surface area contributed by atoms with Crippen molar-refractivity contribution in [3.8, 4) is 0 Å². The molecule has 0 bridgehead atoms. The maximum absolute atomic E-state index is 12.6. The predicted molar refractivity (Wildman–Crippen MR) is 107 cm³/mol. The van der Waals surface area contributed by atoms with Crippen LogP contribution in [0.15, 0.2) is 46.5 Å². The molecule has 9 nitrogen and oxygen atoms in total. The van der Waals surface area contributed by atoms with Gasteiger partial charge in [-0.2, -0.15) is 0 Å². The van der Waals surface area contributed by atoms with Crippen LogP contribution in [0.25, 0.3) is 0 Å². The molecule has 0 saturated carbocycles. The summed E-state index contributed by atoms with van der Waals surface area (Å²) >= 11 is 0. The first-order valence-electron chi connectivity index (χ1n) is 9.12. The van der Waals surface area contributed by atoms with Crippen molar-refractivity contribution in [2.24, 2.45) is 0 Å². The largest absolute Gasteiger partial charge is 0.348 e. The number of hydrogen-bond acceptors (Lipinski definition) is 5. The van der Waals surface area contributed by atoms with Gasteiger partial charge in [-0.15, -0.1) is 0 Å². The van der Waals surface area contributed by atoms with Gasteiger partial charge >= 0.3 is 0 Å². The van der Waals surface area contributed by atoms with E-state index in [1.807, 2.05) is 24.3 Å². The van der Waals surface area contributed by atoms with E-state index in [9.17, 15) is 21.6 Å². The van der Waals surface area contributed by atoms with E-state index in [2.05, 4.69) is 14.8 Å². The monoisotopic (exact) mass is 440 g/mol. The van der Waals surface area contributed by atoms with E-state index < -0.39 is 29.8 Å². The summed E-state index contributed by atoms with van der Waals surface area (Å²) in [7, 11) is -5.67. The Hall–Kier alpha value is -2.21. The summed E-state index contributed by atoms with van der Waals surface area (Å²) in [6, 6.07) is 7.81. The van der Waals surface area contributed by atoms with Crippen LogP contribution in [0.3, 0.4) is 0 Å². The molecule has 1 heterocycles. The molecule has 11 heteroatoms. The second kappa shape index (κ2) is 8.27. The molecule has 3 rings (SSSR count). The van der Waals surface area contributed by atoms with E-state index in [1.54, 1.807) is 0 Å². The predicted octanol–water partition coefficient (Wildman–Crippen LogP) is 0.498. The Bertz CT molecular complexity index is 1070. The van der Waals surface area contributed by atoms with Crippen LogP contribution < -0.4 is 14.8 Å². The summed E-state index contributed by atoms with van der Waals surface area (Å²) in [6.07, 6.45) is 5.03. The zero-order chi connectivity index (χ0) is 21.2. The van der Waals surface area contributed by atoms with Crippen molar-refractivity contribution < 1.29 is 21.6 Å². The highest BCUT2D eigenvalue weighted by Gasteiger charge is 2.28. The van der Waals surface area contributed by atoms with E-state index in [0.717, 1.165) is 37.2 Å². The molecule has 1 aliphatic rings. The van der Waals surface area contributed by atoms with Gasteiger partial charge in [0.15, 0.2) is 0 Å². The first kappa shape index (κ1) is 21.5. The van der Waals surface area contributed by atoms with Crippen LogP contribution in [0.1, 0.15) is 30.0 Å². The Balaban J connectivity index is 1.84. The molecule has 1 aromatic heterocycles. The highest BCUT2D eigenvalue weighted by atomic mass is 32.2. The summed E-state index contributed by atoms with van der Waals surface area (Å²) < 4.78 is 54.4. The number of nitrogens with zero attached hydrogens (tertiary/aromatic N) is 1. The summed E-state index contributed by atoms with van der Waals surface area (Å²) in [5.41, 5.74) is 2.28. The topological polar surface area (TPSA) is 126 Å². The third kappa shape index (κ3) is 4.53. The zero-order valence-corrected chi connectivity index (χ0v) is 17.8. The number of amides is 1. The number of benzene rings is 1. The summed E-state index contributed by atoms with van der Waals surface area (Å²) in [5, 5.41) is 2.97. The lowest BCUT2D eigenvalue weighted by Gasteiger charge is -2.26. The molecule has 3 N–H and O–H groups in total. The van der Waals surface area contributed by atoms with Crippen molar-refractivity contribution in [2.45, 2.75) is 41.6 Å². The zero-order valence-electron chi connectivity index (χ0n) is 16.2. The van der Waals surface area contributed by atoms with Crippen LogP contribution in [0.4, 0.5) is 0 Å². The van der Waals surface area contributed by atoms with E-state index in [1.165, 1.54) is 24.2 Å². The van der Waals surface area contributed by atoms with Gasteiger partial charge in [0.25, 0.3) is 0 Å². The normalized spacial score (nSPS) is 17.0. The molecule has 1 aromatic carbocycles. The molecule has 0 fully saturated rings. The van der Waals surface area contributed by atoms with Crippen molar-refractivity contribution in [3.63, 3.8) is 0 Å². The smallest absolute Gasteiger partial charge is 0.243 e. The molecule has 158 valence electrons. The fraction of sp³-hybridized carbons (Fsp3) is 0.389. The number of rotatable bonds is 7. The van der Waals surface area contributed by atoms with Gasteiger partial charge in [0.1, 0.15) is 16.3 Å². The number of carbonyl (C=O) groups excluding carboxylic acids is 1. The maximum atomic E-state index is 12.6. The number of aryl methyl sites for hydroxylation is 1. The molecule has 1 atom stereocenters. The van der Waals surface area contributed by atoms with Crippen molar-refractivity contribution in [1.29, 1.82) is 0 Å². The van der Waals surface area contributed by atoms with Crippen molar-refractivity contribution >= 4 is 26.0 Å². The molecular weight excluding hydrogens is 416 g/mol. The number of aromatic nitrogens is 1. The van der Waals surface area contributed by atoms with E-state index in [4.69, 9.17) is 0 Å². The van der Waals surface area contributed by atoms with E-state index >= 15 is 0 Å². The Labute approximate surface area is 170 Å². The van der Waals surface area contributed by atoms with E-state index in [-0.39, 0.29) is 18.5 Å². The van der Waals surface area contributed by atoms with Gasteiger partial charge in [0, 0.05) is 12.4 Å². The molecule has 0 spiro atoms. The van der Waals surface area contributed by atoms with Crippen LogP contribution >= 0.6 is 0 Å². The maximum Gasteiger partial charge on any atom is 0.243 e. The molecule has 0 saturated heterocycles. The number of fused-ring (bicyclic) bond motifs is 1. The average Bonchev–Trinajstić information content (AvgIpc) is 3.14. The Morgan fingerprint density at radius 3 is 2.21 bits per heavy atom. The highest BCUT2D eigenvalue weighted by Crippen LogP contribution is 2.29. The molecule has 1 amide bonds. The second-order valence-electron chi connectivity index (χ2n) is 6.79. The molecule has 0 radical (unpaired) electrons. The summed E-state index contributed by atoms with van der Waals surface area (Å²) in [5.74, 6) is -0.330. The number of carbonyl (C=O) groups is 1. The second-order valence-corrected chi connectivity index (χ2v) is 10.5. The average molecular weight is 441 g/mol. The molecule has 2 aromatic rings. The van der Waals surface area contributed by atoms with Gasteiger partial charge in [0.05, 0.1) is 6.04 Å². The lowest BCUT2D eigenvalue weighted by molar-refractivity contribution is -0.122. The highest BCUT2D eigenvalue weighted by molar-refractivity contribution is 7.92. The van der Waals surface area contributed by atoms with Gasteiger partial charge in [-0.3, -0.25) is 4.79 Å². The molecule has 0 aliphatic heterocycles. The van der Waals surface area contributed by atoms with Crippen molar-refractivity contribution in [1.82, 2.24) is 19.3 Å².